The van der Waals surface area contributed by atoms with Gasteiger partial charge < -0.3 is 10.1 Å². The average Bonchev–Trinajstić information content (AvgIpc) is 3.38. The first-order valence-electron chi connectivity index (χ1n) is 9.40. The number of ether oxygens (including phenoxy) is 1. The molecule has 7 nitrogen and oxygen atoms in total. The van der Waals surface area contributed by atoms with E-state index in [1.807, 2.05) is 37.5 Å². The number of benzene rings is 1. The monoisotopic (exact) mass is 431 g/mol. The molecule has 1 saturated heterocycles. The van der Waals surface area contributed by atoms with Crippen molar-refractivity contribution in [2.45, 2.75) is 6.04 Å². The summed E-state index contributed by atoms with van der Waals surface area (Å²) in [5.74, 6) is -0.184. The molecule has 1 aromatic carbocycles. The molecule has 1 unspecified atom stereocenters. The molecule has 2 aromatic heterocycles. The van der Waals surface area contributed by atoms with Crippen LogP contribution in [0.2, 0.25) is 5.02 Å². The van der Waals surface area contributed by atoms with Crippen molar-refractivity contribution in [3.63, 3.8) is 0 Å². The maximum Gasteiger partial charge on any atom is 0.270 e. The highest BCUT2D eigenvalue weighted by Crippen LogP contribution is 2.25. The number of hydrogen-bond donors (Lipinski definition) is 1. The van der Waals surface area contributed by atoms with Crippen molar-refractivity contribution < 1.29 is 9.53 Å². The lowest BCUT2D eigenvalue weighted by atomic mass is 10.0. The summed E-state index contributed by atoms with van der Waals surface area (Å²) in [6, 6.07) is 7.82. The van der Waals surface area contributed by atoms with Crippen molar-refractivity contribution >= 4 is 28.8 Å². The molecule has 0 spiro atoms. The molecular weight excluding hydrogens is 410 g/mol. The van der Waals surface area contributed by atoms with Crippen LogP contribution in [0.25, 0.3) is 10.6 Å². The van der Waals surface area contributed by atoms with Crippen molar-refractivity contribution in [2.24, 2.45) is 7.05 Å². The van der Waals surface area contributed by atoms with Crippen LogP contribution in [0.3, 0.4) is 0 Å². The van der Waals surface area contributed by atoms with Gasteiger partial charge in [-0.25, -0.2) is 4.98 Å². The highest BCUT2D eigenvalue weighted by atomic mass is 35.5. The van der Waals surface area contributed by atoms with Crippen molar-refractivity contribution in [3.05, 3.63) is 58.3 Å². The summed E-state index contributed by atoms with van der Waals surface area (Å²) in [6.07, 6.45) is 3.63. The van der Waals surface area contributed by atoms with Crippen molar-refractivity contribution in [2.75, 3.05) is 32.8 Å². The number of rotatable bonds is 6. The molecule has 0 aliphatic carbocycles. The summed E-state index contributed by atoms with van der Waals surface area (Å²) in [4.78, 5) is 19.5. The summed E-state index contributed by atoms with van der Waals surface area (Å²) in [5, 5.41) is 10.4. The average molecular weight is 432 g/mol. The summed E-state index contributed by atoms with van der Waals surface area (Å²) in [6.45, 7) is 3.47. The predicted octanol–water partition coefficient (Wildman–Crippen LogP) is 3.00. The minimum absolute atomic E-state index is 0.0259. The van der Waals surface area contributed by atoms with Gasteiger partial charge in [0.1, 0.15) is 10.7 Å². The van der Waals surface area contributed by atoms with Gasteiger partial charge in [0.05, 0.1) is 25.5 Å². The van der Waals surface area contributed by atoms with Crippen molar-refractivity contribution in [1.82, 2.24) is 25.0 Å². The first kappa shape index (κ1) is 20.0. The van der Waals surface area contributed by atoms with E-state index in [1.54, 1.807) is 16.3 Å². The van der Waals surface area contributed by atoms with Crippen molar-refractivity contribution in [3.8, 4) is 10.6 Å². The van der Waals surface area contributed by atoms with Crippen molar-refractivity contribution in [1.29, 1.82) is 0 Å². The zero-order chi connectivity index (χ0) is 20.2. The van der Waals surface area contributed by atoms with Crippen LogP contribution in [0.15, 0.2) is 42.0 Å². The zero-order valence-corrected chi connectivity index (χ0v) is 17.6. The van der Waals surface area contributed by atoms with Crippen LogP contribution in [0.5, 0.6) is 0 Å². The number of carbonyl (C=O) groups excluding carboxylic acids is 1. The van der Waals surface area contributed by atoms with Gasteiger partial charge in [0.25, 0.3) is 5.91 Å². The molecule has 1 N–H and O–H groups in total. The highest BCUT2D eigenvalue weighted by molar-refractivity contribution is 7.13. The zero-order valence-electron chi connectivity index (χ0n) is 16.0. The van der Waals surface area contributed by atoms with E-state index < -0.39 is 0 Å². The van der Waals surface area contributed by atoms with Gasteiger partial charge in [0, 0.05) is 48.8 Å². The Morgan fingerprint density at radius 3 is 2.93 bits per heavy atom. The second-order valence-electron chi connectivity index (χ2n) is 6.87. The maximum absolute atomic E-state index is 12.7. The fraction of sp³-hybridized carbons (Fsp3) is 0.350. The van der Waals surface area contributed by atoms with Crippen LogP contribution in [0.1, 0.15) is 22.1 Å². The number of aryl methyl sites for hydroxylation is 1. The lowest BCUT2D eigenvalue weighted by Gasteiger charge is -2.35. The van der Waals surface area contributed by atoms with Crippen LogP contribution < -0.4 is 5.32 Å². The smallest absolute Gasteiger partial charge is 0.270 e. The lowest BCUT2D eigenvalue weighted by molar-refractivity contribution is 0.0162. The topological polar surface area (TPSA) is 72.3 Å². The number of amides is 1. The SMILES string of the molecule is Cn1cc(-c2nc(C(=O)NCC(c3cccc(Cl)c3)N3CCOCC3)cs2)cn1. The molecule has 1 aliphatic heterocycles. The van der Waals surface area contributed by atoms with E-state index in [0.29, 0.717) is 30.5 Å². The minimum Gasteiger partial charge on any atom is -0.379 e. The third-order valence-electron chi connectivity index (χ3n) is 4.86. The third-order valence-corrected chi connectivity index (χ3v) is 5.99. The highest BCUT2D eigenvalue weighted by Gasteiger charge is 2.24. The number of halogens is 1. The second kappa shape index (κ2) is 9.04. The first-order chi connectivity index (χ1) is 14.1. The Morgan fingerprint density at radius 2 is 2.21 bits per heavy atom. The quantitative estimate of drug-likeness (QED) is 0.649. The van der Waals surface area contributed by atoms with Gasteiger partial charge in [-0.15, -0.1) is 11.3 Å². The minimum atomic E-state index is -0.184. The molecule has 0 radical (unpaired) electrons. The molecule has 3 aromatic rings. The molecule has 0 bridgehead atoms. The molecule has 1 atom stereocenters. The summed E-state index contributed by atoms with van der Waals surface area (Å²) >= 11 is 7.64. The largest absolute Gasteiger partial charge is 0.379 e. The van der Waals surface area contributed by atoms with Gasteiger partial charge in [-0.2, -0.15) is 5.10 Å². The maximum atomic E-state index is 12.7. The molecule has 1 aliphatic rings. The standard InChI is InChI=1S/C20H22ClN5O2S/c1-25-12-15(10-23-25)20-24-17(13-29-20)19(27)22-11-18(26-5-7-28-8-6-26)14-3-2-4-16(21)9-14/h2-4,9-10,12-13,18H,5-8,11H2,1H3,(H,22,27). The Bertz CT molecular complexity index is 983. The van der Waals surface area contributed by atoms with E-state index in [-0.39, 0.29) is 11.9 Å². The normalized spacial score (nSPS) is 15.9. The summed E-state index contributed by atoms with van der Waals surface area (Å²) < 4.78 is 7.20. The van der Waals surface area contributed by atoms with Gasteiger partial charge in [0.2, 0.25) is 0 Å². The number of thiazole rings is 1. The fourth-order valence-electron chi connectivity index (χ4n) is 3.38. The molecule has 152 valence electrons. The van der Waals surface area contributed by atoms with Crippen LogP contribution >= 0.6 is 22.9 Å². The van der Waals surface area contributed by atoms with Crippen LogP contribution in [-0.2, 0) is 11.8 Å². The van der Waals surface area contributed by atoms with E-state index in [0.717, 1.165) is 29.2 Å². The van der Waals surface area contributed by atoms with Crippen LogP contribution in [-0.4, -0.2) is 58.4 Å². The van der Waals surface area contributed by atoms with Gasteiger partial charge >= 0.3 is 0 Å². The summed E-state index contributed by atoms with van der Waals surface area (Å²) in [7, 11) is 1.85. The van der Waals surface area contributed by atoms with Gasteiger partial charge in [0.15, 0.2) is 0 Å². The number of nitrogens with one attached hydrogen (secondary N) is 1. The van der Waals surface area contributed by atoms with E-state index in [2.05, 4.69) is 20.3 Å². The number of carbonyl (C=O) groups is 1. The van der Waals surface area contributed by atoms with Crippen LogP contribution in [0.4, 0.5) is 0 Å². The molecule has 4 rings (SSSR count). The van der Waals surface area contributed by atoms with E-state index >= 15 is 0 Å². The summed E-state index contributed by atoms with van der Waals surface area (Å²) in [5.41, 5.74) is 2.40. The second-order valence-corrected chi connectivity index (χ2v) is 8.16. The van der Waals surface area contributed by atoms with E-state index in [9.17, 15) is 4.79 Å². The van der Waals surface area contributed by atoms with Gasteiger partial charge in [-0.3, -0.25) is 14.4 Å². The number of morpholine rings is 1. The molecule has 1 fully saturated rings. The molecule has 29 heavy (non-hydrogen) atoms. The molecule has 3 heterocycles. The number of hydrogen-bond acceptors (Lipinski definition) is 6. The Labute approximate surface area is 178 Å². The molecule has 0 saturated carbocycles. The Kier molecular flexibility index (Phi) is 6.25. The predicted molar refractivity (Wildman–Crippen MR) is 113 cm³/mol. The van der Waals surface area contributed by atoms with Gasteiger partial charge in [-0.1, -0.05) is 23.7 Å². The molecule has 1 amide bonds. The Hall–Kier alpha value is -2.26. The fourth-order valence-corrected chi connectivity index (χ4v) is 4.36. The van der Waals surface area contributed by atoms with E-state index in [4.69, 9.17) is 16.3 Å². The number of nitrogens with zero attached hydrogens (tertiary/aromatic N) is 4. The van der Waals surface area contributed by atoms with E-state index in [1.165, 1.54) is 11.3 Å². The van der Waals surface area contributed by atoms with Crippen LogP contribution in [0, 0.1) is 0 Å². The Balaban J connectivity index is 1.46. The van der Waals surface area contributed by atoms with Gasteiger partial charge in [-0.05, 0) is 17.7 Å². The number of aromatic nitrogens is 3. The first-order valence-corrected chi connectivity index (χ1v) is 10.7. The lowest BCUT2D eigenvalue weighted by Crippen LogP contribution is -2.43. The molecular formula is C20H22ClN5O2S. The molecule has 9 heteroatoms. The third kappa shape index (κ3) is 4.84. The Morgan fingerprint density at radius 1 is 1.38 bits per heavy atom.